The Kier molecular flexibility index (Phi) is 7.39. The van der Waals surface area contributed by atoms with Crippen molar-refractivity contribution in [2.45, 2.75) is 26.3 Å². The highest BCUT2D eigenvalue weighted by atomic mass is 32.1. The van der Waals surface area contributed by atoms with Gasteiger partial charge in [-0.15, -0.1) is 11.3 Å². The third-order valence-electron chi connectivity index (χ3n) is 3.91. The maximum atomic E-state index is 12.2. The standard InChI is InChI=1S/C17H26N4O3S/c1-13(2)19-15(22)12-20-7-9-21(10-8-20)16(23)5-6-18-17(24)14-4-3-11-25-14/h3-4,11,13H,5-10,12H2,1-2H3,(H,18,24)(H,19,22). The van der Waals surface area contributed by atoms with Gasteiger partial charge in [0.2, 0.25) is 11.8 Å². The summed E-state index contributed by atoms with van der Waals surface area (Å²) in [7, 11) is 0. The predicted octanol–water partition coefficient (Wildman–Crippen LogP) is 0.537. The highest BCUT2D eigenvalue weighted by Crippen LogP contribution is 2.08. The van der Waals surface area contributed by atoms with Crippen LogP contribution >= 0.6 is 11.3 Å². The normalized spacial score (nSPS) is 15.2. The molecule has 1 aliphatic rings. The number of hydrogen-bond donors (Lipinski definition) is 2. The molecule has 1 aromatic rings. The topological polar surface area (TPSA) is 81.8 Å². The molecule has 138 valence electrons. The zero-order chi connectivity index (χ0) is 18.2. The molecule has 8 heteroatoms. The fraction of sp³-hybridized carbons (Fsp3) is 0.588. The third-order valence-corrected chi connectivity index (χ3v) is 4.78. The van der Waals surface area contributed by atoms with E-state index in [-0.39, 0.29) is 23.8 Å². The number of nitrogens with one attached hydrogen (secondary N) is 2. The minimum absolute atomic E-state index is 0.0195. The molecule has 2 heterocycles. The summed E-state index contributed by atoms with van der Waals surface area (Å²) in [6.45, 7) is 7.21. The number of nitrogens with zero attached hydrogens (tertiary/aromatic N) is 2. The Balaban J connectivity index is 1.64. The van der Waals surface area contributed by atoms with Crippen molar-refractivity contribution in [2.24, 2.45) is 0 Å². The van der Waals surface area contributed by atoms with Crippen LogP contribution in [0.3, 0.4) is 0 Å². The highest BCUT2D eigenvalue weighted by Gasteiger charge is 2.22. The van der Waals surface area contributed by atoms with E-state index in [2.05, 4.69) is 15.5 Å². The maximum absolute atomic E-state index is 12.2. The van der Waals surface area contributed by atoms with Gasteiger partial charge in [-0.05, 0) is 25.3 Å². The van der Waals surface area contributed by atoms with Gasteiger partial charge in [-0.25, -0.2) is 0 Å². The summed E-state index contributed by atoms with van der Waals surface area (Å²) in [6.07, 6.45) is 0.297. The van der Waals surface area contributed by atoms with Crippen molar-refractivity contribution in [1.29, 1.82) is 0 Å². The van der Waals surface area contributed by atoms with E-state index in [0.29, 0.717) is 50.6 Å². The SMILES string of the molecule is CC(C)NC(=O)CN1CCN(C(=O)CCNC(=O)c2cccs2)CC1. The van der Waals surface area contributed by atoms with Crippen LogP contribution in [0.15, 0.2) is 17.5 Å². The first-order valence-corrected chi connectivity index (χ1v) is 9.45. The quantitative estimate of drug-likeness (QED) is 0.738. The van der Waals surface area contributed by atoms with E-state index in [9.17, 15) is 14.4 Å². The Morgan fingerprint density at radius 2 is 1.92 bits per heavy atom. The van der Waals surface area contributed by atoms with Crippen LogP contribution in [-0.2, 0) is 9.59 Å². The molecule has 0 aliphatic carbocycles. The molecule has 0 aromatic carbocycles. The molecule has 1 aromatic heterocycles. The van der Waals surface area contributed by atoms with Gasteiger partial charge < -0.3 is 15.5 Å². The van der Waals surface area contributed by atoms with Crippen LogP contribution in [0.4, 0.5) is 0 Å². The van der Waals surface area contributed by atoms with Crippen LogP contribution in [0, 0.1) is 0 Å². The van der Waals surface area contributed by atoms with Gasteiger partial charge in [0.05, 0.1) is 11.4 Å². The molecule has 0 atom stereocenters. The summed E-state index contributed by atoms with van der Waals surface area (Å²) in [5, 5.41) is 7.49. The Bertz CT molecular complexity index is 581. The number of rotatable bonds is 7. The lowest BCUT2D eigenvalue weighted by molar-refractivity contribution is -0.133. The van der Waals surface area contributed by atoms with Gasteiger partial charge in [-0.3, -0.25) is 19.3 Å². The van der Waals surface area contributed by atoms with E-state index < -0.39 is 0 Å². The van der Waals surface area contributed by atoms with Gasteiger partial charge in [-0.2, -0.15) is 0 Å². The number of thiophene rings is 1. The van der Waals surface area contributed by atoms with E-state index in [1.807, 2.05) is 25.3 Å². The molecule has 0 spiro atoms. The van der Waals surface area contributed by atoms with E-state index in [0.717, 1.165) is 0 Å². The molecule has 1 fully saturated rings. The largest absolute Gasteiger partial charge is 0.353 e. The van der Waals surface area contributed by atoms with Crippen molar-refractivity contribution in [3.63, 3.8) is 0 Å². The second kappa shape index (κ2) is 9.53. The smallest absolute Gasteiger partial charge is 0.261 e. The molecule has 0 radical (unpaired) electrons. The zero-order valence-electron chi connectivity index (χ0n) is 14.8. The van der Waals surface area contributed by atoms with Crippen LogP contribution in [0.5, 0.6) is 0 Å². The zero-order valence-corrected chi connectivity index (χ0v) is 15.6. The fourth-order valence-corrected chi connectivity index (χ4v) is 3.30. The molecule has 0 saturated carbocycles. The Morgan fingerprint density at radius 1 is 1.20 bits per heavy atom. The molecule has 25 heavy (non-hydrogen) atoms. The minimum Gasteiger partial charge on any atom is -0.353 e. The highest BCUT2D eigenvalue weighted by molar-refractivity contribution is 7.12. The first-order valence-electron chi connectivity index (χ1n) is 8.57. The van der Waals surface area contributed by atoms with Crippen molar-refractivity contribution >= 4 is 29.1 Å². The van der Waals surface area contributed by atoms with E-state index in [1.165, 1.54) is 11.3 Å². The van der Waals surface area contributed by atoms with E-state index in [4.69, 9.17) is 0 Å². The summed E-state index contributed by atoms with van der Waals surface area (Å²) < 4.78 is 0. The third kappa shape index (κ3) is 6.47. The second-order valence-corrected chi connectivity index (χ2v) is 7.31. The average Bonchev–Trinajstić information content (AvgIpc) is 3.09. The average molecular weight is 366 g/mol. The van der Waals surface area contributed by atoms with Gasteiger partial charge in [0, 0.05) is 45.2 Å². The van der Waals surface area contributed by atoms with Gasteiger partial charge in [0.25, 0.3) is 5.91 Å². The van der Waals surface area contributed by atoms with Gasteiger partial charge in [0.15, 0.2) is 0 Å². The number of carbonyl (C=O) groups is 3. The van der Waals surface area contributed by atoms with Crippen LogP contribution in [-0.4, -0.2) is 72.8 Å². The van der Waals surface area contributed by atoms with Gasteiger partial charge in [0.1, 0.15) is 0 Å². The van der Waals surface area contributed by atoms with Gasteiger partial charge in [-0.1, -0.05) is 6.07 Å². The summed E-state index contributed by atoms with van der Waals surface area (Å²) in [6, 6.07) is 3.72. The van der Waals surface area contributed by atoms with Crippen LogP contribution < -0.4 is 10.6 Å². The number of hydrogen-bond acceptors (Lipinski definition) is 5. The Hall–Kier alpha value is -1.93. The Labute approximate surface area is 152 Å². The molecule has 0 bridgehead atoms. The number of piperazine rings is 1. The molecule has 3 amide bonds. The van der Waals surface area contributed by atoms with Crippen LogP contribution in [0.2, 0.25) is 0 Å². The fourth-order valence-electron chi connectivity index (χ4n) is 2.66. The molecule has 1 aliphatic heterocycles. The Morgan fingerprint density at radius 3 is 2.52 bits per heavy atom. The molecule has 2 rings (SSSR count). The molecule has 0 unspecified atom stereocenters. The number of carbonyl (C=O) groups excluding carboxylic acids is 3. The monoisotopic (exact) mass is 366 g/mol. The maximum Gasteiger partial charge on any atom is 0.261 e. The van der Waals surface area contributed by atoms with Crippen molar-refractivity contribution in [2.75, 3.05) is 39.3 Å². The predicted molar refractivity (Wildman–Crippen MR) is 97.6 cm³/mol. The molecule has 2 N–H and O–H groups in total. The molecule has 7 nitrogen and oxygen atoms in total. The van der Waals surface area contributed by atoms with Gasteiger partial charge >= 0.3 is 0 Å². The molecular weight excluding hydrogens is 340 g/mol. The molecule has 1 saturated heterocycles. The summed E-state index contributed by atoms with van der Waals surface area (Å²) >= 11 is 1.38. The summed E-state index contributed by atoms with van der Waals surface area (Å²) in [5.74, 6) is -0.0763. The molecular formula is C17H26N4O3S. The minimum atomic E-state index is -0.135. The van der Waals surface area contributed by atoms with E-state index in [1.54, 1.807) is 11.0 Å². The lowest BCUT2D eigenvalue weighted by Gasteiger charge is -2.34. The summed E-state index contributed by atoms with van der Waals surface area (Å²) in [5.41, 5.74) is 0. The van der Waals surface area contributed by atoms with Crippen molar-refractivity contribution in [1.82, 2.24) is 20.4 Å². The number of amides is 3. The van der Waals surface area contributed by atoms with Crippen molar-refractivity contribution in [3.8, 4) is 0 Å². The van der Waals surface area contributed by atoms with E-state index >= 15 is 0 Å². The second-order valence-electron chi connectivity index (χ2n) is 6.36. The van der Waals surface area contributed by atoms with Crippen LogP contribution in [0.1, 0.15) is 29.9 Å². The first kappa shape index (κ1) is 19.4. The first-order chi connectivity index (χ1) is 12.0. The lowest BCUT2D eigenvalue weighted by atomic mass is 10.2. The van der Waals surface area contributed by atoms with Crippen molar-refractivity contribution in [3.05, 3.63) is 22.4 Å². The summed E-state index contributed by atoms with van der Waals surface area (Å²) in [4.78, 5) is 40.3. The van der Waals surface area contributed by atoms with Crippen molar-refractivity contribution < 1.29 is 14.4 Å². The lowest BCUT2D eigenvalue weighted by Crippen LogP contribution is -2.51. The van der Waals surface area contributed by atoms with Crippen LogP contribution in [0.25, 0.3) is 0 Å².